The maximum Gasteiger partial charge on any atom is 0.332 e. The Morgan fingerprint density at radius 2 is 2.13 bits per heavy atom. The van der Waals surface area contributed by atoms with Crippen LogP contribution in [0.1, 0.15) is 38.4 Å². The van der Waals surface area contributed by atoms with Crippen molar-refractivity contribution < 1.29 is 14.4 Å². The van der Waals surface area contributed by atoms with Crippen LogP contribution in [0, 0.1) is 0 Å². The van der Waals surface area contributed by atoms with Crippen molar-refractivity contribution in [1.29, 1.82) is 0 Å². The van der Waals surface area contributed by atoms with Gasteiger partial charge in [-0.15, -0.1) is 0 Å². The van der Waals surface area contributed by atoms with Gasteiger partial charge in [-0.1, -0.05) is 6.07 Å². The molecule has 2 aromatic heterocycles. The van der Waals surface area contributed by atoms with Crippen LogP contribution in [-0.2, 0) is 6.54 Å². The van der Waals surface area contributed by atoms with Crippen LogP contribution < -0.4 is 21.8 Å². The monoisotopic (exact) mass is 405 g/mol. The number of hydrogen-bond acceptors (Lipinski definition) is 5. The molecule has 10 heteroatoms. The molecular formula is C20H19N7O3. The van der Waals surface area contributed by atoms with Crippen molar-refractivity contribution in [2.45, 2.75) is 13.0 Å². The van der Waals surface area contributed by atoms with E-state index in [1.165, 1.54) is 0 Å². The molecular weight excluding hydrogens is 386 g/mol. The van der Waals surface area contributed by atoms with Crippen LogP contribution in [0.3, 0.4) is 0 Å². The molecule has 6 N–H and O–H groups in total. The lowest BCUT2D eigenvalue weighted by Crippen LogP contribution is -2.26. The summed E-state index contributed by atoms with van der Waals surface area (Å²) in [7, 11) is 0. The third-order valence-electron chi connectivity index (χ3n) is 4.70. The number of fused-ring (bicyclic) bond motifs is 3. The Morgan fingerprint density at radius 3 is 2.90 bits per heavy atom. The van der Waals surface area contributed by atoms with Gasteiger partial charge in [0.1, 0.15) is 5.69 Å². The third kappa shape index (κ3) is 3.83. The first-order valence-electron chi connectivity index (χ1n) is 9.26. The molecule has 0 spiro atoms. The number of hydrogen-bond donors (Lipinski definition) is 5. The van der Waals surface area contributed by atoms with Crippen LogP contribution in [0.4, 0.5) is 4.79 Å². The molecule has 3 aromatic rings. The number of nitrogens with two attached hydrogens (primary N) is 1. The molecule has 4 rings (SSSR count). The van der Waals surface area contributed by atoms with Gasteiger partial charge in [0, 0.05) is 53.9 Å². The molecule has 0 saturated carbocycles. The molecule has 152 valence electrons. The zero-order valence-electron chi connectivity index (χ0n) is 15.9. The lowest BCUT2D eigenvalue weighted by Gasteiger charge is -2.07. The van der Waals surface area contributed by atoms with Crippen molar-refractivity contribution in [2.24, 2.45) is 10.8 Å². The average Bonchev–Trinajstić information content (AvgIpc) is 3.06. The van der Waals surface area contributed by atoms with Gasteiger partial charge in [0.2, 0.25) is 0 Å². The van der Waals surface area contributed by atoms with Crippen molar-refractivity contribution in [3.8, 4) is 0 Å². The van der Waals surface area contributed by atoms with E-state index in [1.807, 2.05) is 6.07 Å². The largest absolute Gasteiger partial charge is 0.350 e. The normalized spacial score (nSPS) is 14.7. The van der Waals surface area contributed by atoms with Gasteiger partial charge in [0.25, 0.3) is 11.8 Å². The fourth-order valence-corrected chi connectivity index (χ4v) is 3.33. The Morgan fingerprint density at radius 1 is 1.27 bits per heavy atom. The fraction of sp³-hybridized carbons (Fsp3) is 0.150. The Bertz CT molecular complexity index is 1170. The van der Waals surface area contributed by atoms with E-state index in [0.717, 1.165) is 5.56 Å². The maximum absolute atomic E-state index is 12.7. The zero-order chi connectivity index (χ0) is 21.1. The molecule has 0 radical (unpaired) electrons. The summed E-state index contributed by atoms with van der Waals surface area (Å²) < 4.78 is 0. The number of primary amides is 1. The molecule has 30 heavy (non-hydrogen) atoms. The van der Waals surface area contributed by atoms with Gasteiger partial charge in [0.15, 0.2) is 0 Å². The fourth-order valence-electron chi connectivity index (χ4n) is 3.33. The number of hydrazone groups is 1. The van der Waals surface area contributed by atoms with Crippen LogP contribution in [0.25, 0.3) is 10.9 Å². The number of carbonyl (C=O) groups excluding carboxylic acids is 3. The number of amides is 4. The molecule has 10 nitrogen and oxygen atoms in total. The summed E-state index contributed by atoms with van der Waals surface area (Å²) in [6, 6.07) is 7.97. The Labute approximate surface area is 170 Å². The first-order valence-corrected chi connectivity index (χ1v) is 9.26. The number of rotatable bonds is 4. The molecule has 1 aliphatic rings. The van der Waals surface area contributed by atoms with E-state index >= 15 is 0 Å². The number of benzene rings is 1. The summed E-state index contributed by atoms with van der Waals surface area (Å²) in [5.74, 6) is -0.546. The Balaban J connectivity index is 1.70. The Kier molecular flexibility index (Phi) is 5.12. The number of aromatic nitrogens is 2. The average molecular weight is 405 g/mol. The van der Waals surface area contributed by atoms with Crippen LogP contribution in [0.15, 0.2) is 47.8 Å². The van der Waals surface area contributed by atoms with E-state index in [1.54, 1.807) is 36.7 Å². The lowest BCUT2D eigenvalue weighted by molar-refractivity contribution is 0.0943. The highest BCUT2D eigenvalue weighted by atomic mass is 16.2. The molecule has 0 aliphatic carbocycles. The van der Waals surface area contributed by atoms with Crippen molar-refractivity contribution in [1.82, 2.24) is 26.0 Å². The minimum Gasteiger partial charge on any atom is -0.350 e. The first-order chi connectivity index (χ1) is 14.5. The number of nitrogens with zero attached hydrogens (tertiary/aromatic N) is 2. The molecule has 4 amide bonds. The topological polar surface area (TPSA) is 154 Å². The summed E-state index contributed by atoms with van der Waals surface area (Å²) in [5.41, 5.74) is 10.7. The third-order valence-corrected chi connectivity index (χ3v) is 4.70. The van der Waals surface area contributed by atoms with Crippen LogP contribution >= 0.6 is 0 Å². The minimum absolute atomic E-state index is 0.262. The Hall–Kier alpha value is -4.21. The van der Waals surface area contributed by atoms with E-state index in [9.17, 15) is 14.4 Å². The van der Waals surface area contributed by atoms with E-state index in [4.69, 9.17) is 5.73 Å². The van der Waals surface area contributed by atoms with E-state index in [0.29, 0.717) is 52.9 Å². The molecule has 1 aromatic carbocycles. The van der Waals surface area contributed by atoms with Gasteiger partial charge in [-0.05, 0) is 29.8 Å². The molecule has 0 atom stereocenters. The second-order valence-corrected chi connectivity index (χ2v) is 6.72. The van der Waals surface area contributed by atoms with Crippen LogP contribution in [0.5, 0.6) is 0 Å². The highest BCUT2D eigenvalue weighted by molar-refractivity contribution is 6.20. The SMILES string of the molecule is NC(=O)N/N=C1\CCNC(=O)c2[nH]c3ccc(C(=O)NCc4cccnc4)cc3c21. The van der Waals surface area contributed by atoms with E-state index < -0.39 is 6.03 Å². The lowest BCUT2D eigenvalue weighted by atomic mass is 10.0. The number of carbonyl (C=O) groups is 3. The van der Waals surface area contributed by atoms with Gasteiger partial charge < -0.3 is 21.4 Å². The smallest absolute Gasteiger partial charge is 0.332 e. The van der Waals surface area contributed by atoms with Crippen molar-refractivity contribution in [2.75, 3.05) is 6.54 Å². The summed E-state index contributed by atoms with van der Waals surface area (Å²) in [5, 5.41) is 10.3. The quantitative estimate of drug-likeness (QED) is 0.411. The van der Waals surface area contributed by atoms with Gasteiger partial charge in [-0.25, -0.2) is 10.2 Å². The van der Waals surface area contributed by atoms with Crippen molar-refractivity contribution in [3.63, 3.8) is 0 Å². The number of H-pyrrole nitrogens is 1. The van der Waals surface area contributed by atoms with Crippen molar-refractivity contribution in [3.05, 3.63) is 65.1 Å². The molecule has 3 heterocycles. The second-order valence-electron chi connectivity index (χ2n) is 6.72. The summed E-state index contributed by atoms with van der Waals surface area (Å²) in [6.07, 6.45) is 3.74. The molecule has 0 bridgehead atoms. The molecule has 0 unspecified atom stereocenters. The minimum atomic E-state index is -0.803. The molecule has 0 saturated heterocycles. The zero-order valence-corrected chi connectivity index (χ0v) is 15.9. The number of nitrogens with one attached hydrogen (secondary N) is 4. The predicted octanol–water partition coefficient (Wildman–Crippen LogP) is 0.999. The van der Waals surface area contributed by atoms with E-state index in [2.05, 4.69) is 31.1 Å². The van der Waals surface area contributed by atoms with E-state index in [-0.39, 0.29) is 11.8 Å². The van der Waals surface area contributed by atoms with Gasteiger partial charge in [-0.3, -0.25) is 14.6 Å². The maximum atomic E-state index is 12.7. The highest BCUT2D eigenvalue weighted by Gasteiger charge is 2.25. The summed E-state index contributed by atoms with van der Waals surface area (Å²) in [6.45, 7) is 0.695. The predicted molar refractivity (Wildman–Crippen MR) is 110 cm³/mol. The van der Waals surface area contributed by atoms with Crippen LogP contribution in [-0.4, -0.2) is 40.1 Å². The van der Waals surface area contributed by atoms with Gasteiger partial charge in [0.05, 0.1) is 5.71 Å². The second kappa shape index (κ2) is 8.03. The van der Waals surface area contributed by atoms with Gasteiger partial charge in [-0.2, -0.15) is 5.10 Å². The number of urea groups is 1. The number of aromatic amines is 1. The standard InChI is InChI=1S/C20H19N7O3/c21-20(30)27-26-15-5-7-23-19(29)17-16(15)13-8-12(3-4-14(13)25-17)18(28)24-10-11-2-1-6-22-9-11/h1-4,6,8-9,25H,5,7,10H2,(H,23,29)(H,24,28)(H3,21,27,30)/b26-15+. The van der Waals surface area contributed by atoms with Gasteiger partial charge >= 0.3 is 6.03 Å². The summed E-state index contributed by atoms with van der Waals surface area (Å²) >= 11 is 0. The van der Waals surface area contributed by atoms with Crippen LogP contribution in [0.2, 0.25) is 0 Å². The summed E-state index contributed by atoms with van der Waals surface area (Å²) in [4.78, 5) is 43.3. The van der Waals surface area contributed by atoms with Crippen molar-refractivity contribution >= 4 is 34.5 Å². The highest BCUT2D eigenvalue weighted by Crippen LogP contribution is 2.27. The molecule has 0 fully saturated rings. The first kappa shape index (κ1) is 19.1. The molecule has 1 aliphatic heterocycles. The number of pyridine rings is 1.